The molecule has 1 saturated carbocycles. The van der Waals surface area contributed by atoms with Crippen LogP contribution < -0.4 is 9.08 Å². The van der Waals surface area contributed by atoms with Crippen molar-refractivity contribution in [3.8, 4) is 5.75 Å². The first kappa shape index (κ1) is 17.7. The van der Waals surface area contributed by atoms with Crippen LogP contribution in [0.3, 0.4) is 0 Å². The Balaban J connectivity index is 1.47. The van der Waals surface area contributed by atoms with Crippen molar-refractivity contribution in [1.82, 2.24) is 4.90 Å². The van der Waals surface area contributed by atoms with E-state index in [2.05, 4.69) is 11.0 Å². The van der Waals surface area contributed by atoms with Gasteiger partial charge in [-0.05, 0) is 49.1 Å². The van der Waals surface area contributed by atoms with Crippen LogP contribution in [0.1, 0.15) is 24.8 Å². The maximum Gasteiger partial charge on any atom is 0.306 e. The molecule has 1 aromatic rings. The summed E-state index contributed by atoms with van der Waals surface area (Å²) < 4.78 is 35.0. The lowest BCUT2D eigenvalue weighted by Gasteiger charge is -2.58. The average molecular weight is 429 g/mol. The van der Waals surface area contributed by atoms with Gasteiger partial charge in [0.2, 0.25) is 5.91 Å². The van der Waals surface area contributed by atoms with Crippen LogP contribution in [0.4, 0.5) is 5.69 Å². The molecule has 6 atom stereocenters. The van der Waals surface area contributed by atoms with Gasteiger partial charge in [-0.15, -0.1) is 0 Å². The van der Waals surface area contributed by atoms with Crippen LogP contribution in [0.25, 0.3) is 0 Å². The van der Waals surface area contributed by atoms with Crippen molar-refractivity contribution < 1.29 is 22.1 Å². The lowest BCUT2D eigenvalue weighted by Crippen LogP contribution is -2.69. The normalized spacial score (nSPS) is 40.7. The van der Waals surface area contributed by atoms with Crippen LogP contribution in [0.5, 0.6) is 5.75 Å². The molecular weight excluding hydrogens is 404 g/mol. The summed E-state index contributed by atoms with van der Waals surface area (Å²) in [6, 6.07) is 5.90. The second kappa shape index (κ2) is 5.47. The average Bonchev–Trinajstić information content (AvgIpc) is 3.14. The highest BCUT2D eigenvalue weighted by Gasteiger charge is 2.71. The zero-order valence-electron chi connectivity index (χ0n) is 16.8. The minimum absolute atomic E-state index is 0.0384. The maximum absolute atomic E-state index is 13.4. The van der Waals surface area contributed by atoms with Gasteiger partial charge in [0.1, 0.15) is 5.75 Å². The minimum atomic E-state index is -3.62. The summed E-state index contributed by atoms with van der Waals surface area (Å²) in [5, 5.41) is 0. The smallest absolute Gasteiger partial charge is 0.306 e. The molecule has 0 N–H and O–H groups in total. The Labute approximate surface area is 175 Å². The van der Waals surface area contributed by atoms with E-state index >= 15 is 0 Å². The predicted octanol–water partition coefficient (Wildman–Crippen LogP) is 1.43. The lowest BCUT2D eigenvalue weighted by molar-refractivity contribution is -0.132. The number of amides is 1. The second-order valence-corrected chi connectivity index (χ2v) is 11.3. The molecule has 4 fully saturated rings. The third kappa shape index (κ3) is 2.03. The molecule has 8 heteroatoms. The summed E-state index contributed by atoms with van der Waals surface area (Å²) in [6.45, 7) is 2.58. The molecule has 158 valence electrons. The van der Waals surface area contributed by atoms with E-state index in [9.17, 15) is 13.2 Å². The molecule has 30 heavy (non-hydrogen) atoms. The number of piperidine rings is 2. The SMILES string of the molecule is CS(=O)(=O)Oc1ccc2c(c1)[C@@]13CCN4CC5=CCO[C@H]6CC(=O)N2[C@H]1[C@H]6[C@H]5C[C@H]43. The Hall–Kier alpha value is -1.90. The maximum atomic E-state index is 13.4. The van der Waals surface area contributed by atoms with E-state index in [1.165, 1.54) is 5.57 Å². The van der Waals surface area contributed by atoms with Crippen molar-refractivity contribution in [2.24, 2.45) is 11.8 Å². The number of ether oxygens (including phenoxy) is 1. The molecule has 5 heterocycles. The van der Waals surface area contributed by atoms with Crippen molar-refractivity contribution in [3.63, 3.8) is 0 Å². The van der Waals surface area contributed by atoms with Crippen molar-refractivity contribution >= 4 is 21.7 Å². The van der Waals surface area contributed by atoms with Gasteiger partial charge in [0, 0.05) is 29.6 Å². The number of carbonyl (C=O) groups excluding carboxylic acids is 1. The van der Waals surface area contributed by atoms with E-state index in [-0.39, 0.29) is 23.5 Å². The number of carbonyl (C=O) groups is 1. The largest absolute Gasteiger partial charge is 0.383 e. The van der Waals surface area contributed by atoms with Gasteiger partial charge in [0.05, 0.1) is 31.4 Å². The zero-order valence-corrected chi connectivity index (χ0v) is 17.6. The molecule has 0 unspecified atom stereocenters. The van der Waals surface area contributed by atoms with E-state index in [0.29, 0.717) is 36.7 Å². The fourth-order valence-corrected chi connectivity index (χ4v) is 8.21. The standard InChI is InChI=1S/C22H24N2O5S/c1-30(26,27)29-13-2-3-16-15(8-13)22-5-6-23-11-12-4-7-28-17-10-19(25)24(16)21(22)20(17)14(12)9-18(22)23/h2-4,8,14,17-18,20-21H,5-7,9-11H2,1H3/t14-,17-,18-,20-,21-,22+/m0/s1. The van der Waals surface area contributed by atoms with Crippen LogP contribution in [0, 0.1) is 11.8 Å². The Morgan fingerprint density at radius 2 is 2.17 bits per heavy atom. The van der Waals surface area contributed by atoms with E-state index in [0.717, 1.165) is 43.4 Å². The van der Waals surface area contributed by atoms with E-state index < -0.39 is 10.1 Å². The molecule has 7 nitrogen and oxygen atoms in total. The van der Waals surface area contributed by atoms with E-state index in [4.69, 9.17) is 8.92 Å². The summed E-state index contributed by atoms with van der Waals surface area (Å²) in [6.07, 6.45) is 5.78. The molecule has 1 aromatic carbocycles. The summed E-state index contributed by atoms with van der Waals surface area (Å²) in [5.41, 5.74) is 3.33. The monoisotopic (exact) mass is 428 g/mol. The third-order valence-corrected chi connectivity index (χ3v) is 9.02. The van der Waals surface area contributed by atoms with Gasteiger partial charge in [0.15, 0.2) is 0 Å². The minimum Gasteiger partial charge on any atom is -0.383 e. The molecule has 0 radical (unpaired) electrons. The van der Waals surface area contributed by atoms with E-state index in [1.807, 2.05) is 17.0 Å². The molecule has 3 saturated heterocycles. The topological polar surface area (TPSA) is 76.1 Å². The Kier molecular flexibility index (Phi) is 3.24. The summed E-state index contributed by atoms with van der Waals surface area (Å²) in [4.78, 5) is 18.0. The highest BCUT2D eigenvalue weighted by atomic mass is 32.2. The van der Waals surface area contributed by atoms with Gasteiger partial charge < -0.3 is 13.8 Å². The van der Waals surface area contributed by atoms with Gasteiger partial charge >= 0.3 is 10.1 Å². The van der Waals surface area contributed by atoms with Crippen LogP contribution in [0.15, 0.2) is 29.8 Å². The number of benzene rings is 1. The van der Waals surface area contributed by atoms with Crippen LogP contribution >= 0.6 is 0 Å². The number of hydrogen-bond acceptors (Lipinski definition) is 6. The second-order valence-electron chi connectivity index (χ2n) is 9.73. The third-order valence-electron chi connectivity index (χ3n) is 8.53. The summed E-state index contributed by atoms with van der Waals surface area (Å²) >= 11 is 0. The molecule has 5 aliphatic heterocycles. The van der Waals surface area contributed by atoms with Gasteiger partial charge in [-0.1, -0.05) is 11.6 Å². The predicted molar refractivity (Wildman–Crippen MR) is 109 cm³/mol. The van der Waals surface area contributed by atoms with Crippen LogP contribution in [-0.2, 0) is 25.1 Å². The Morgan fingerprint density at radius 3 is 3.00 bits per heavy atom. The molecule has 7 rings (SSSR count). The first-order valence-electron chi connectivity index (χ1n) is 10.8. The van der Waals surface area contributed by atoms with Crippen LogP contribution in [0.2, 0.25) is 0 Å². The first-order valence-corrected chi connectivity index (χ1v) is 12.6. The number of fused-ring (bicyclic) bond motifs is 2. The fraction of sp³-hybridized carbons (Fsp3) is 0.591. The molecule has 1 amide bonds. The molecule has 2 bridgehead atoms. The number of hydrogen-bond donors (Lipinski definition) is 0. The Bertz CT molecular complexity index is 1130. The van der Waals surface area contributed by atoms with Gasteiger partial charge in [-0.2, -0.15) is 8.42 Å². The quantitative estimate of drug-likeness (QED) is 0.524. The van der Waals surface area contributed by atoms with Crippen molar-refractivity contribution in [2.75, 3.05) is 30.9 Å². The molecule has 0 aromatic heterocycles. The zero-order chi connectivity index (χ0) is 20.4. The number of nitrogens with zero attached hydrogens (tertiary/aromatic N) is 2. The van der Waals surface area contributed by atoms with E-state index in [1.54, 1.807) is 6.07 Å². The molecule has 6 aliphatic rings. The van der Waals surface area contributed by atoms with Crippen molar-refractivity contribution in [3.05, 3.63) is 35.4 Å². The number of anilines is 1. The van der Waals surface area contributed by atoms with Gasteiger partial charge in [0.25, 0.3) is 0 Å². The molecule has 1 aliphatic carbocycles. The van der Waals surface area contributed by atoms with Crippen molar-refractivity contribution in [1.29, 1.82) is 0 Å². The Morgan fingerprint density at radius 1 is 1.30 bits per heavy atom. The lowest BCUT2D eigenvalue weighted by atomic mass is 9.53. The van der Waals surface area contributed by atoms with Gasteiger partial charge in [-0.3, -0.25) is 9.69 Å². The van der Waals surface area contributed by atoms with Crippen LogP contribution in [-0.4, -0.2) is 63.4 Å². The highest BCUT2D eigenvalue weighted by molar-refractivity contribution is 7.86. The molecule has 1 spiro atoms. The highest BCUT2D eigenvalue weighted by Crippen LogP contribution is 2.66. The summed E-state index contributed by atoms with van der Waals surface area (Å²) in [5.74, 6) is 1.22. The van der Waals surface area contributed by atoms with Gasteiger partial charge in [-0.25, -0.2) is 0 Å². The molecular formula is C22H24N2O5S. The first-order chi connectivity index (χ1) is 14.4. The number of rotatable bonds is 2. The van der Waals surface area contributed by atoms with Crippen molar-refractivity contribution in [2.45, 2.75) is 42.9 Å². The fourth-order valence-electron chi connectivity index (χ4n) is 7.76. The summed E-state index contributed by atoms with van der Waals surface area (Å²) in [7, 11) is -3.62.